The third-order valence-electron chi connectivity index (χ3n) is 8.80. The summed E-state index contributed by atoms with van der Waals surface area (Å²) in [6.45, 7) is 5.76. The van der Waals surface area contributed by atoms with E-state index in [0.29, 0.717) is 28.5 Å². The van der Waals surface area contributed by atoms with Crippen molar-refractivity contribution in [1.82, 2.24) is 19.9 Å². The number of phenols is 1. The van der Waals surface area contributed by atoms with Gasteiger partial charge in [0.05, 0.1) is 34.7 Å². The van der Waals surface area contributed by atoms with Gasteiger partial charge in [-0.1, -0.05) is 71.9 Å². The van der Waals surface area contributed by atoms with E-state index in [4.69, 9.17) is 15.7 Å². The monoisotopic (exact) mass is 724 g/mol. The fraction of sp³-hybridized carbons (Fsp3) is 0.146. The van der Waals surface area contributed by atoms with Crippen LogP contribution in [0.1, 0.15) is 31.4 Å². The second kappa shape index (κ2) is 17.0. The predicted molar refractivity (Wildman–Crippen MR) is 210 cm³/mol. The van der Waals surface area contributed by atoms with Crippen LogP contribution in [0.15, 0.2) is 127 Å². The van der Waals surface area contributed by atoms with Crippen LogP contribution in [0.2, 0.25) is 0 Å². The van der Waals surface area contributed by atoms with Gasteiger partial charge in [-0.3, -0.25) is 4.79 Å². The van der Waals surface area contributed by atoms with Crippen LogP contribution in [0.3, 0.4) is 0 Å². The summed E-state index contributed by atoms with van der Waals surface area (Å²) in [5, 5.41) is 25.4. The molecule has 2 aromatic heterocycles. The van der Waals surface area contributed by atoms with Crippen molar-refractivity contribution in [1.29, 1.82) is 0 Å². The van der Waals surface area contributed by atoms with Gasteiger partial charge in [0.15, 0.2) is 0 Å². The molecule has 1 unspecified atom stereocenters. The summed E-state index contributed by atoms with van der Waals surface area (Å²) in [5.41, 5.74) is 7.19. The highest BCUT2D eigenvalue weighted by Gasteiger charge is 2.28. The molecule has 4 aromatic carbocycles. The summed E-state index contributed by atoms with van der Waals surface area (Å²) >= 11 is 0. The van der Waals surface area contributed by atoms with Crippen LogP contribution in [-0.2, 0) is 14.4 Å². The van der Waals surface area contributed by atoms with Gasteiger partial charge in [0.2, 0.25) is 6.10 Å². The van der Waals surface area contributed by atoms with Crippen LogP contribution >= 0.6 is 0 Å². The summed E-state index contributed by atoms with van der Waals surface area (Å²) in [5.74, 6) is 5.18. The number of aromatic amines is 2. The average Bonchev–Trinajstić information content (AvgIpc) is 4.02. The zero-order valence-corrected chi connectivity index (χ0v) is 29.8. The lowest BCUT2D eigenvalue weighted by atomic mass is 10.00. The minimum absolute atomic E-state index is 0.105. The van der Waals surface area contributed by atoms with Crippen LogP contribution in [0.5, 0.6) is 5.75 Å². The number of carboxylic acids is 1. The Morgan fingerprint density at radius 1 is 0.926 bits per heavy atom. The summed E-state index contributed by atoms with van der Waals surface area (Å²) in [6, 6.07) is 29.7. The maximum atomic E-state index is 12.7. The Balaban J connectivity index is 0.000000919. The molecule has 1 atom stereocenters. The lowest BCUT2D eigenvalue weighted by Gasteiger charge is -2.21. The molecule has 0 saturated heterocycles. The van der Waals surface area contributed by atoms with Crippen molar-refractivity contribution in [3.63, 3.8) is 0 Å². The number of aliphatic carboxylic acids is 1. The molecule has 6 aromatic rings. The molecular weight excluding hydrogens is 685 g/mol. The summed E-state index contributed by atoms with van der Waals surface area (Å²) in [6.07, 6.45) is 7.39. The van der Waals surface area contributed by atoms with Gasteiger partial charge >= 0.3 is 5.97 Å². The Labute approximate surface area is 312 Å². The molecule has 6 N–H and O–H groups in total. The first kappa shape index (κ1) is 36.8. The van der Waals surface area contributed by atoms with Gasteiger partial charge in [0.1, 0.15) is 11.6 Å². The molecule has 3 heterocycles. The van der Waals surface area contributed by atoms with Gasteiger partial charge in [0, 0.05) is 60.9 Å². The molecule has 0 fully saturated rings. The quantitative estimate of drug-likeness (QED) is 0.0412. The molecule has 7 rings (SSSR count). The predicted octanol–water partition coefficient (Wildman–Crippen LogP) is 6.87. The number of phenolic OH excluding ortho intramolecular Hbond substituents is 1. The van der Waals surface area contributed by atoms with Crippen molar-refractivity contribution < 1.29 is 24.6 Å². The van der Waals surface area contributed by atoms with Crippen molar-refractivity contribution >= 4 is 35.0 Å². The SMILES string of the molecule is CCN(CC)c1ccc(-c2nc(-c3ccc(C4=NOC(C(=O)O)C4)cc3)c(-c3ccc(/C=C/C(=O)N(N)c4ccccc4)cc3)[nH]2)c(O)c1.c1c[nH]cn1. The van der Waals surface area contributed by atoms with E-state index in [9.17, 15) is 19.8 Å². The number of oxime groups is 1. The van der Waals surface area contributed by atoms with Gasteiger partial charge in [-0.05, 0) is 55.3 Å². The third-order valence-corrected chi connectivity index (χ3v) is 8.80. The number of anilines is 2. The summed E-state index contributed by atoms with van der Waals surface area (Å²) in [4.78, 5) is 46.0. The average molecular weight is 725 g/mol. The lowest BCUT2D eigenvalue weighted by Crippen LogP contribution is -2.35. The minimum Gasteiger partial charge on any atom is -0.507 e. The highest BCUT2D eigenvalue weighted by molar-refractivity contribution is 6.04. The first-order valence-electron chi connectivity index (χ1n) is 17.3. The van der Waals surface area contributed by atoms with Crippen molar-refractivity contribution in [3.8, 4) is 39.7 Å². The number of nitrogens with one attached hydrogen (secondary N) is 2. The molecule has 1 aliphatic rings. The van der Waals surface area contributed by atoms with Gasteiger partial charge in [-0.25, -0.2) is 25.6 Å². The number of aromatic nitrogens is 4. The first-order valence-corrected chi connectivity index (χ1v) is 17.3. The Kier molecular flexibility index (Phi) is 11.6. The van der Waals surface area contributed by atoms with E-state index in [1.807, 2.05) is 78.9 Å². The molecule has 13 nitrogen and oxygen atoms in total. The molecule has 0 saturated carbocycles. The number of carbonyl (C=O) groups excluding carboxylic acids is 1. The number of benzene rings is 4. The molecule has 54 heavy (non-hydrogen) atoms. The molecule has 13 heteroatoms. The molecule has 0 aliphatic carbocycles. The van der Waals surface area contributed by atoms with E-state index < -0.39 is 12.1 Å². The summed E-state index contributed by atoms with van der Waals surface area (Å²) in [7, 11) is 0. The normalized spacial score (nSPS) is 13.5. The number of carbonyl (C=O) groups is 2. The lowest BCUT2D eigenvalue weighted by molar-refractivity contribution is -0.148. The van der Waals surface area contributed by atoms with Crippen LogP contribution < -0.4 is 15.8 Å². The zero-order chi connectivity index (χ0) is 38.0. The molecule has 0 spiro atoms. The number of hydrazine groups is 1. The van der Waals surface area contributed by atoms with E-state index in [1.54, 1.807) is 43.0 Å². The van der Waals surface area contributed by atoms with E-state index in [1.165, 1.54) is 6.08 Å². The number of nitrogens with zero attached hydrogens (tertiary/aromatic N) is 5. The van der Waals surface area contributed by atoms with E-state index >= 15 is 0 Å². The molecule has 0 radical (unpaired) electrons. The van der Waals surface area contributed by atoms with Crippen molar-refractivity contribution in [3.05, 3.63) is 133 Å². The second-order valence-corrected chi connectivity index (χ2v) is 12.2. The highest BCUT2D eigenvalue weighted by atomic mass is 16.7. The number of hydrogen-bond donors (Lipinski definition) is 5. The standard InChI is InChI=1S/C38H36N6O5.C3H4N2/c1-3-43(4-2)29-19-20-30(32(45)22-29)37-40-35(36(41-37)27-17-15-25(16-18-27)31-23-33(38(47)48)49-42-31)26-13-10-24(11-14-26)12-21-34(46)44(39)28-8-6-5-7-9-28;1-2-5-3-4-1/h5-22,33,45H,3-4,23,39H2,1-2H3,(H,40,41)(H,47,48);1-3H,(H,4,5)/b21-12+;. The van der Waals surface area contributed by atoms with Crippen LogP contribution in [-0.4, -0.2) is 66.9 Å². The Bertz CT molecular complexity index is 2210. The van der Waals surface area contributed by atoms with Crippen LogP contribution in [0, 0.1) is 0 Å². The minimum atomic E-state index is -1.06. The zero-order valence-electron chi connectivity index (χ0n) is 29.8. The Morgan fingerprint density at radius 2 is 1.63 bits per heavy atom. The van der Waals surface area contributed by atoms with E-state index in [0.717, 1.165) is 51.7 Å². The maximum Gasteiger partial charge on any atom is 0.348 e. The fourth-order valence-electron chi connectivity index (χ4n) is 5.86. The topological polar surface area (TPSA) is 186 Å². The Hall–Kier alpha value is -6.99. The van der Waals surface area contributed by atoms with Crippen molar-refractivity contribution in [2.24, 2.45) is 11.0 Å². The van der Waals surface area contributed by atoms with Gasteiger partial charge in [-0.15, -0.1) is 0 Å². The molecule has 1 aliphatic heterocycles. The van der Waals surface area contributed by atoms with Gasteiger partial charge < -0.3 is 29.9 Å². The van der Waals surface area contributed by atoms with Gasteiger partial charge in [0.25, 0.3) is 5.91 Å². The Morgan fingerprint density at radius 3 is 2.22 bits per heavy atom. The molecule has 0 bridgehead atoms. The molecule has 1 amide bonds. The molecular formula is C41H40N8O5. The number of H-pyrrole nitrogens is 2. The highest BCUT2D eigenvalue weighted by Crippen LogP contribution is 2.37. The largest absolute Gasteiger partial charge is 0.507 e. The van der Waals surface area contributed by atoms with Crippen molar-refractivity contribution in [2.75, 3.05) is 23.0 Å². The van der Waals surface area contributed by atoms with Crippen molar-refractivity contribution in [2.45, 2.75) is 26.4 Å². The van der Waals surface area contributed by atoms with Crippen LogP contribution in [0.25, 0.3) is 40.0 Å². The first-order chi connectivity index (χ1) is 26.2. The number of nitrogens with two attached hydrogens (primary N) is 1. The number of aromatic hydroxyl groups is 1. The second-order valence-electron chi connectivity index (χ2n) is 12.2. The molecule has 274 valence electrons. The number of amides is 1. The third kappa shape index (κ3) is 8.54. The number of rotatable bonds is 11. The fourth-order valence-corrected chi connectivity index (χ4v) is 5.86. The number of hydrogen-bond acceptors (Lipinski definition) is 9. The number of carboxylic acid groups (broad SMARTS) is 1. The number of para-hydroxylation sites is 1. The smallest absolute Gasteiger partial charge is 0.348 e. The van der Waals surface area contributed by atoms with Crippen LogP contribution in [0.4, 0.5) is 11.4 Å². The van der Waals surface area contributed by atoms with E-state index in [-0.39, 0.29) is 18.1 Å². The number of imidazole rings is 2. The van der Waals surface area contributed by atoms with E-state index in [2.05, 4.69) is 38.9 Å². The maximum absolute atomic E-state index is 12.7. The summed E-state index contributed by atoms with van der Waals surface area (Å²) < 4.78 is 0. The van der Waals surface area contributed by atoms with Gasteiger partial charge in [-0.2, -0.15) is 0 Å².